The van der Waals surface area contributed by atoms with Crippen LogP contribution in [0, 0.1) is 6.92 Å². The molecule has 4 heteroatoms. The molecule has 0 spiro atoms. The Hall–Kier alpha value is -1.71. The Morgan fingerprint density at radius 2 is 2.00 bits per heavy atom. The van der Waals surface area contributed by atoms with Crippen LogP contribution in [0.2, 0.25) is 0 Å². The maximum Gasteiger partial charge on any atom is 0.407 e. The average molecular weight is 208 g/mol. The SMILES string of the molecule is CC1COC(=O)N1.Cc1ccc(N)cc1. The largest absolute Gasteiger partial charge is 0.447 e. The molecule has 0 aromatic heterocycles. The number of nitrogens with two attached hydrogens (primary N) is 1. The van der Waals surface area contributed by atoms with Gasteiger partial charge in [0.15, 0.2) is 0 Å². The van der Waals surface area contributed by atoms with Crippen molar-refractivity contribution in [2.24, 2.45) is 0 Å². The van der Waals surface area contributed by atoms with Crippen molar-refractivity contribution in [1.29, 1.82) is 0 Å². The van der Waals surface area contributed by atoms with Gasteiger partial charge in [0.25, 0.3) is 0 Å². The van der Waals surface area contributed by atoms with Gasteiger partial charge in [0.1, 0.15) is 6.61 Å². The summed E-state index contributed by atoms with van der Waals surface area (Å²) < 4.78 is 4.52. The van der Waals surface area contributed by atoms with E-state index in [1.807, 2.05) is 38.1 Å². The number of nitrogen functional groups attached to an aromatic ring is 1. The first-order valence-electron chi connectivity index (χ1n) is 4.83. The van der Waals surface area contributed by atoms with Crippen molar-refractivity contribution in [3.63, 3.8) is 0 Å². The number of amides is 1. The summed E-state index contributed by atoms with van der Waals surface area (Å²) in [5, 5.41) is 2.56. The van der Waals surface area contributed by atoms with Gasteiger partial charge in [0.2, 0.25) is 0 Å². The van der Waals surface area contributed by atoms with Gasteiger partial charge in [0.05, 0.1) is 6.04 Å². The molecule has 1 aromatic rings. The number of ether oxygens (including phenoxy) is 1. The Balaban J connectivity index is 0.000000151. The third-order valence-electron chi connectivity index (χ3n) is 1.91. The first-order valence-corrected chi connectivity index (χ1v) is 4.83. The van der Waals surface area contributed by atoms with E-state index in [0.29, 0.717) is 6.61 Å². The molecule has 1 aliphatic heterocycles. The summed E-state index contributed by atoms with van der Waals surface area (Å²) in [4.78, 5) is 10.1. The van der Waals surface area contributed by atoms with Crippen LogP contribution in [0.3, 0.4) is 0 Å². The van der Waals surface area contributed by atoms with Gasteiger partial charge in [-0.15, -0.1) is 0 Å². The summed E-state index contributed by atoms with van der Waals surface area (Å²) in [6.07, 6.45) is -0.299. The Labute approximate surface area is 89.4 Å². The highest BCUT2D eigenvalue weighted by atomic mass is 16.6. The molecule has 1 aliphatic rings. The van der Waals surface area contributed by atoms with E-state index in [9.17, 15) is 4.79 Å². The van der Waals surface area contributed by atoms with Crippen LogP contribution in [0.25, 0.3) is 0 Å². The average Bonchev–Trinajstić information content (AvgIpc) is 2.56. The fourth-order valence-corrected chi connectivity index (χ4v) is 1.05. The second-order valence-electron chi connectivity index (χ2n) is 3.55. The number of benzene rings is 1. The highest BCUT2D eigenvalue weighted by Crippen LogP contribution is 2.02. The van der Waals surface area contributed by atoms with E-state index in [1.165, 1.54) is 5.56 Å². The summed E-state index contributed by atoms with van der Waals surface area (Å²) in [5.41, 5.74) is 7.51. The van der Waals surface area contributed by atoms with Crippen molar-refractivity contribution in [3.8, 4) is 0 Å². The number of carbonyl (C=O) groups is 1. The van der Waals surface area contributed by atoms with E-state index < -0.39 is 0 Å². The van der Waals surface area contributed by atoms with Crippen LogP contribution in [-0.4, -0.2) is 18.7 Å². The van der Waals surface area contributed by atoms with Crippen molar-refractivity contribution < 1.29 is 9.53 Å². The highest BCUT2D eigenvalue weighted by molar-refractivity contribution is 5.69. The zero-order chi connectivity index (χ0) is 11.3. The minimum Gasteiger partial charge on any atom is -0.447 e. The number of anilines is 1. The number of cyclic esters (lactones) is 1. The van der Waals surface area contributed by atoms with Crippen LogP contribution < -0.4 is 11.1 Å². The Morgan fingerprint density at radius 3 is 2.27 bits per heavy atom. The number of nitrogens with one attached hydrogen (secondary N) is 1. The van der Waals surface area contributed by atoms with E-state index in [4.69, 9.17) is 5.73 Å². The number of rotatable bonds is 0. The van der Waals surface area contributed by atoms with Crippen molar-refractivity contribution in [3.05, 3.63) is 29.8 Å². The van der Waals surface area contributed by atoms with E-state index >= 15 is 0 Å². The summed E-state index contributed by atoms with van der Waals surface area (Å²) in [6.45, 7) is 4.45. The fourth-order valence-electron chi connectivity index (χ4n) is 1.05. The van der Waals surface area contributed by atoms with Crippen LogP contribution in [0.5, 0.6) is 0 Å². The Bertz CT molecular complexity index is 301. The molecular weight excluding hydrogens is 192 g/mol. The molecule has 1 aromatic carbocycles. The van der Waals surface area contributed by atoms with Crippen LogP contribution in [0.4, 0.5) is 10.5 Å². The summed E-state index contributed by atoms with van der Waals surface area (Å²) in [6, 6.07) is 7.99. The van der Waals surface area contributed by atoms with Crippen LogP contribution in [-0.2, 0) is 4.74 Å². The molecule has 0 aliphatic carbocycles. The Kier molecular flexibility index (Phi) is 3.97. The predicted octanol–water partition coefficient (Wildman–Crippen LogP) is 1.69. The molecule has 1 fully saturated rings. The molecule has 1 atom stereocenters. The summed E-state index contributed by atoms with van der Waals surface area (Å²) in [5.74, 6) is 0. The van der Waals surface area contributed by atoms with E-state index in [-0.39, 0.29) is 12.1 Å². The molecule has 1 amide bonds. The third-order valence-corrected chi connectivity index (χ3v) is 1.91. The van der Waals surface area contributed by atoms with Gasteiger partial charge < -0.3 is 15.8 Å². The van der Waals surface area contributed by atoms with E-state index in [0.717, 1.165) is 5.69 Å². The van der Waals surface area contributed by atoms with Gasteiger partial charge in [-0.3, -0.25) is 0 Å². The lowest BCUT2D eigenvalue weighted by Gasteiger charge is -1.90. The molecule has 4 nitrogen and oxygen atoms in total. The predicted molar refractivity (Wildman–Crippen MR) is 59.5 cm³/mol. The molecule has 82 valence electrons. The lowest BCUT2D eigenvalue weighted by atomic mass is 10.2. The molecular formula is C11H16N2O2. The molecule has 1 heterocycles. The fraction of sp³-hybridized carbons (Fsp3) is 0.364. The number of hydrogen-bond acceptors (Lipinski definition) is 3. The highest BCUT2D eigenvalue weighted by Gasteiger charge is 2.15. The van der Waals surface area contributed by atoms with Gasteiger partial charge in [-0.05, 0) is 26.0 Å². The van der Waals surface area contributed by atoms with Gasteiger partial charge in [-0.25, -0.2) is 4.79 Å². The van der Waals surface area contributed by atoms with Crippen LogP contribution in [0.15, 0.2) is 24.3 Å². The molecule has 1 saturated heterocycles. The van der Waals surface area contributed by atoms with Crippen molar-refractivity contribution in [2.45, 2.75) is 19.9 Å². The number of hydrogen-bond donors (Lipinski definition) is 2. The maximum absolute atomic E-state index is 10.1. The number of alkyl carbamates (subject to hydrolysis) is 1. The Morgan fingerprint density at radius 1 is 1.40 bits per heavy atom. The normalized spacial score (nSPS) is 18.5. The van der Waals surface area contributed by atoms with Gasteiger partial charge in [0, 0.05) is 5.69 Å². The second kappa shape index (κ2) is 5.24. The first kappa shape index (κ1) is 11.4. The van der Waals surface area contributed by atoms with Crippen molar-refractivity contribution in [1.82, 2.24) is 5.32 Å². The van der Waals surface area contributed by atoms with Crippen molar-refractivity contribution >= 4 is 11.8 Å². The molecule has 2 rings (SSSR count). The van der Waals surface area contributed by atoms with Gasteiger partial charge >= 0.3 is 6.09 Å². The third kappa shape index (κ3) is 4.35. The number of aryl methyl sites for hydroxylation is 1. The molecule has 15 heavy (non-hydrogen) atoms. The van der Waals surface area contributed by atoms with Crippen LogP contribution >= 0.6 is 0 Å². The zero-order valence-corrected chi connectivity index (χ0v) is 8.99. The van der Waals surface area contributed by atoms with Gasteiger partial charge in [-0.1, -0.05) is 17.7 Å². The van der Waals surface area contributed by atoms with Gasteiger partial charge in [-0.2, -0.15) is 0 Å². The summed E-state index contributed by atoms with van der Waals surface area (Å²) in [7, 11) is 0. The monoisotopic (exact) mass is 208 g/mol. The smallest absolute Gasteiger partial charge is 0.407 e. The second-order valence-corrected chi connectivity index (χ2v) is 3.55. The minimum absolute atomic E-state index is 0.201. The lowest BCUT2D eigenvalue weighted by molar-refractivity contribution is 0.177. The van der Waals surface area contributed by atoms with Crippen LogP contribution in [0.1, 0.15) is 12.5 Å². The minimum atomic E-state index is -0.299. The topological polar surface area (TPSA) is 64.3 Å². The molecule has 0 saturated carbocycles. The first-order chi connectivity index (χ1) is 7.08. The summed E-state index contributed by atoms with van der Waals surface area (Å²) >= 11 is 0. The zero-order valence-electron chi connectivity index (χ0n) is 8.99. The van der Waals surface area contributed by atoms with E-state index in [1.54, 1.807) is 0 Å². The molecule has 1 unspecified atom stereocenters. The molecule has 0 radical (unpaired) electrons. The standard InChI is InChI=1S/C7H9N.C4H7NO2/c1-6-2-4-7(8)5-3-6;1-3-2-7-4(6)5-3/h2-5H,8H2,1H3;3H,2H2,1H3,(H,5,6). The quantitative estimate of drug-likeness (QED) is 0.638. The lowest BCUT2D eigenvalue weighted by Crippen LogP contribution is -2.21. The molecule has 3 N–H and O–H groups in total. The maximum atomic E-state index is 10.1. The number of carbonyl (C=O) groups excluding carboxylic acids is 1. The molecule has 0 bridgehead atoms. The van der Waals surface area contributed by atoms with E-state index in [2.05, 4.69) is 10.1 Å². The van der Waals surface area contributed by atoms with Crippen molar-refractivity contribution in [2.75, 3.05) is 12.3 Å².